The maximum absolute atomic E-state index is 11.0. The molecule has 0 unspecified atom stereocenters. The molecular weight excluding hydrogens is 279 g/mol. The number of carbonyl (C=O) groups excluding carboxylic acids is 1. The van der Waals surface area contributed by atoms with Crippen LogP contribution in [0.25, 0.3) is 0 Å². The Balaban J connectivity index is 0. The summed E-state index contributed by atoms with van der Waals surface area (Å²) in [4.78, 5) is 11.0. The molecule has 76 valence electrons. The van der Waals surface area contributed by atoms with E-state index in [0.717, 1.165) is 11.0 Å². The minimum Gasteiger partial charge on any atom is -0.347 e. The standard InChI is InChI=1S/C9H18N2O.I/c1-8(2)9(12)10-6-7-11(3,4)5;/h1,6-7H2,2-5H3;/q;+1/p+1. The molecule has 0 saturated heterocycles. The van der Waals surface area contributed by atoms with E-state index >= 15 is 0 Å². The van der Waals surface area contributed by atoms with E-state index in [4.69, 9.17) is 0 Å². The Morgan fingerprint density at radius 1 is 1.38 bits per heavy atom. The number of hydrogen-bond donors (Lipinski definition) is 1. The highest BCUT2D eigenvalue weighted by Gasteiger charge is 2.07. The fourth-order valence-electron chi connectivity index (χ4n) is 0.656. The van der Waals surface area contributed by atoms with Gasteiger partial charge in [0.1, 0.15) is 0 Å². The summed E-state index contributed by atoms with van der Waals surface area (Å²) in [5.41, 5.74) is 0.566. The molecule has 0 rings (SSSR count). The van der Waals surface area contributed by atoms with E-state index in [9.17, 15) is 4.79 Å². The molecule has 3 nitrogen and oxygen atoms in total. The van der Waals surface area contributed by atoms with Gasteiger partial charge in [0.25, 0.3) is 0 Å². The number of nitrogens with zero attached hydrogens (tertiary/aromatic N) is 1. The highest BCUT2D eigenvalue weighted by atomic mass is 127. The highest BCUT2D eigenvalue weighted by molar-refractivity contribution is 5.91. The predicted molar refractivity (Wildman–Crippen MR) is 50.7 cm³/mol. The first-order valence-corrected chi connectivity index (χ1v) is 4.07. The van der Waals surface area contributed by atoms with Gasteiger partial charge >= 0.3 is 24.0 Å². The monoisotopic (exact) mass is 298 g/mol. The van der Waals surface area contributed by atoms with Crippen molar-refractivity contribution in [3.63, 3.8) is 0 Å². The lowest BCUT2D eigenvalue weighted by atomic mass is 10.3. The second-order valence-electron chi connectivity index (χ2n) is 4.05. The molecule has 0 aliphatic heterocycles. The molecular formula is C9H19IN2O+2. The van der Waals surface area contributed by atoms with Crippen LogP contribution in [0.4, 0.5) is 0 Å². The summed E-state index contributed by atoms with van der Waals surface area (Å²) in [6.07, 6.45) is 0. The normalized spacial score (nSPS) is 10.2. The number of nitrogens with one attached hydrogen (secondary N) is 1. The first-order valence-electron chi connectivity index (χ1n) is 4.07. The van der Waals surface area contributed by atoms with Crippen LogP contribution in [0.2, 0.25) is 0 Å². The largest absolute Gasteiger partial charge is 1.00 e. The number of likely N-dealkylation sites (N-methyl/N-ethyl adjacent to an activating group) is 1. The summed E-state index contributed by atoms with van der Waals surface area (Å²) in [5.74, 6) is -0.0524. The third-order valence-corrected chi connectivity index (χ3v) is 1.46. The van der Waals surface area contributed by atoms with Crippen LogP contribution in [-0.2, 0) is 4.79 Å². The lowest BCUT2D eigenvalue weighted by Gasteiger charge is -2.23. The number of hydrogen-bond acceptors (Lipinski definition) is 1. The van der Waals surface area contributed by atoms with Crippen molar-refractivity contribution in [2.45, 2.75) is 6.92 Å². The predicted octanol–water partition coefficient (Wildman–Crippen LogP) is -2.61. The summed E-state index contributed by atoms with van der Waals surface area (Å²) in [5, 5.41) is 2.78. The van der Waals surface area contributed by atoms with Crippen molar-refractivity contribution < 1.29 is 33.3 Å². The van der Waals surface area contributed by atoms with Crippen LogP contribution >= 0.6 is 0 Å². The van der Waals surface area contributed by atoms with E-state index in [-0.39, 0.29) is 29.9 Å². The Morgan fingerprint density at radius 2 is 1.85 bits per heavy atom. The van der Waals surface area contributed by atoms with Crippen LogP contribution in [0.3, 0.4) is 0 Å². The lowest BCUT2D eigenvalue weighted by Crippen LogP contribution is -3.00. The maximum atomic E-state index is 11.0. The summed E-state index contributed by atoms with van der Waals surface area (Å²) in [6.45, 7) is 6.90. The Labute approximate surface area is 97.8 Å². The molecule has 0 bridgehead atoms. The molecule has 0 heterocycles. The van der Waals surface area contributed by atoms with E-state index < -0.39 is 0 Å². The van der Waals surface area contributed by atoms with Gasteiger partial charge in [0, 0.05) is 5.57 Å². The van der Waals surface area contributed by atoms with Crippen molar-refractivity contribution in [3.8, 4) is 0 Å². The molecule has 0 fully saturated rings. The van der Waals surface area contributed by atoms with Crippen LogP contribution in [0.5, 0.6) is 0 Å². The summed E-state index contributed by atoms with van der Waals surface area (Å²) in [7, 11) is 6.27. The smallest absolute Gasteiger partial charge is 0.347 e. The topological polar surface area (TPSA) is 29.1 Å². The van der Waals surface area contributed by atoms with Gasteiger partial charge in [0.15, 0.2) is 0 Å². The van der Waals surface area contributed by atoms with Gasteiger partial charge in [-0.3, -0.25) is 4.79 Å². The zero-order valence-corrected chi connectivity index (χ0v) is 11.0. The molecule has 0 aromatic carbocycles. The van der Waals surface area contributed by atoms with E-state index in [1.165, 1.54) is 0 Å². The van der Waals surface area contributed by atoms with Gasteiger partial charge in [0.2, 0.25) is 5.91 Å². The number of halogens is 1. The van der Waals surface area contributed by atoms with Gasteiger partial charge in [-0.25, -0.2) is 0 Å². The minimum atomic E-state index is -0.0524. The van der Waals surface area contributed by atoms with E-state index in [1.807, 2.05) is 0 Å². The molecule has 0 aromatic heterocycles. The zero-order chi connectivity index (χ0) is 9.78. The molecule has 0 aromatic rings. The maximum Gasteiger partial charge on any atom is 1.00 e. The first-order chi connectivity index (χ1) is 5.33. The second-order valence-corrected chi connectivity index (χ2v) is 4.05. The van der Waals surface area contributed by atoms with Crippen LogP contribution in [-0.4, -0.2) is 44.6 Å². The molecule has 2 radical (unpaired) electrons. The minimum absolute atomic E-state index is 0. The van der Waals surface area contributed by atoms with E-state index in [1.54, 1.807) is 6.92 Å². The molecule has 1 amide bonds. The molecule has 0 aliphatic carbocycles. The average molecular weight is 298 g/mol. The van der Waals surface area contributed by atoms with E-state index in [2.05, 4.69) is 33.0 Å². The molecule has 0 atom stereocenters. The molecule has 0 spiro atoms. The van der Waals surface area contributed by atoms with Crippen molar-refractivity contribution in [3.05, 3.63) is 12.2 Å². The van der Waals surface area contributed by atoms with Crippen molar-refractivity contribution >= 4 is 5.91 Å². The Hall–Kier alpha value is -0.100. The fraction of sp³-hybridized carbons (Fsp3) is 0.667. The molecule has 4 heteroatoms. The van der Waals surface area contributed by atoms with Crippen LogP contribution < -0.4 is 29.3 Å². The summed E-state index contributed by atoms with van der Waals surface area (Å²) >= 11 is 0. The van der Waals surface area contributed by atoms with Crippen LogP contribution in [0.15, 0.2) is 12.2 Å². The Bertz CT molecular complexity index is 185. The summed E-state index contributed by atoms with van der Waals surface area (Å²) in [6, 6.07) is 0. The molecule has 13 heavy (non-hydrogen) atoms. The van der Waals surface area contributed by atoms with Crippen LogP contribution in [0, 0.1) is 0 Å². The van der Waals surface area contributed by atoms with Gasteiger partial charge in [-0.2, -0.15) is 0 Å². The SMILES string of the molecule is C=C(C)C(=O)NCC[N+](C)(C)C.[I+]. The quantitative estimate of drug-likeness (QED) is 0.344. The van der Waals surface area contributed by atoms with Gasteiger partial charge < -0.3 is 9.80 Å². The second kappa shape index (κ2) is 6.37. The zero-order valence-electron chi connectivity index (χ0n) is 8.85. The Morgan fingerprint density at radius 3 is 2.15 bits per heavy atom. The fourth-order valence-corrected chi connectivity index (χ4v) is 0.656. The lowest BCUT2D eigenvalue weighted by molar-refractivity contribution is -0.869. The molecule has 0 saturated carbocycles. The molecule has 0 aliphatic rings. The number of quaternary nitrogens is 1. The first kappa shape index (κ1) is 15.4. The Kier molecular flexibility index (Phi) is 7.53. The van der Waals surface area contributed by atoms with Crippen molar-refractivity contribution in [1.82, 2.24) is 5.32 Å². The average Bonchev–Trinajstić information content (AvgIpc) is 1.84. The number of carbonyl (C=O) groups is 1. The third-order valence-electron chi connectivity index (χ3n) is 1.46. The van der Waals surface area contributed by atoms with Gasteiger partial charge in [-0.05, 0) is 6.92 Å². The van der Waals surface area contributed by atoms with Crippen molar-refractivity contribution in [2.24, 2.45) is 0 Å². The number of rotatable bonds is 4. The van der Waals surface area contributed by atoms with Crippen molar-refractivity contribution in [2.75, 3.05) is 34.2 Å². The summed E-state index contributed by atoms with van der Waals surface area (Å²) < 4.78 is 0.858. The van der Waals surface area contributed by atoms with Gasteiger partial charge in [-0.1, -0.05) is 6.58 Å². The van der Waals surface area contributed by atoms with Crippen LogP contribution in [0.1, 0.15) is 6.92 Å². The van der Waals surface area contributed by atoms with E-state index in [0.29, 0.717) is 12.1 Å². The third kappa shape index (κ3) is 9.82. The van der Waals surface area contributed by atoms with Gasteiger partial charge in [0.05, 0.1) is 34.2 Å². The van der Waals surface area contributed by atoms with Crippen molar-refractivity contribution in [1.29, 1.82) is 0 Å². The number of amides is 1. The highest BCUT2D eigenvalue weighted by Crippen LogP contribution is 1.88. The molecule has 1 N–H and O–H groups in total. The van der Waals surface area contributed by atoms with Gasteiger partial charge in [-0.15, -0.1) is 0 Å².